The van der Waals surface area contributed by atoms with Crippen LogP contribution in [0, 0.1) is 25.2 Å². The van der Waals surface area contributed by atoms with Crippen LogP contribution in [-0.4, -0.2) is 6.26 Å². The lowest BCUT2D eigenvalue weighted by Crippen LogP contribution is -2.26. The number of hydrogen-bond acceptors (Lipinski definition) is 1. The van der Waals surface area contributed by atoms with Crippen LogP contribution in [0.15, 0.2) is 48.1 Å². The van der Waals surface area contributed by atoms with Crippen molar-refractivity contribution in [1.82, 2.24) is 0 Å². The molecule has 2 rings (SSSR count). The van der Waals surface area contributed by atoms with Crippen LogP contribution in [-0.2, 0) is 0 Å². The van der Waals surface area contributed by atoms with E-state index in [1.54, 1.807) is 17.4 Å². The lowest BCUT2D eigenvalue weighted by atomic mass is 9.65. The monoisotopic (exact) mass is 472 g/mol. The maximum Gasteiger partial charge on any atom is -0.00782 e. The van der Waals surface area contributed by atoms with Crippen molar-refractivity contribution in [3.63, 3.8) is 0 Å². The molecule has 0 radical (unpaired) electrons. The van der Waals surface area contributed by atoms with Gasteiger partial charge in [0.05, 0.1) is 0 Å². The average molecular weight is 473 g/mol. The van der Waals surface area contributed by atoms with Crippen LogP contribution in [0.2, 0.25) is 0 Å². The summed E-state index contributed by atoms with van der Waals surface area (Å²) < 4.78 is 0. The smallest absolute Gasteiger partial charge is 0.00782 e. The summed E-state index contributed by atoms with van der Waals surface area (Å²) in [6.07, 6.45) is 16.2. The standard InChI is InChI=1S/C28H42.C2H6.CH4S.CH4/c1-8-11-13-25(10-3)28(7)18-16-24(17-19-28)23(6)26(12-9-2)27-20-21(4)14-15-22(27)5;2*1-2;/h10,13-15,20,24H,3,8-9,11-12,16-19H2,1-2,4-7H3;1-2H3;2H,1H3;1H4/b25-13+,26-23+;;;. The fraction of sp³-hybridized carbons (Fsp3) is 0.625. The molecule has 0 amide bonds. The summed E-state index contributed by atoms with van der Waals surface area (Å²) >= 11 is 3.53. The Labute approximate surface area is 214 Å². The first-order chi connectivity index (χ1) is 15.4. The summed E-state index contributed by atoms with van der Waals surface area (Å²) in [5.74, 6) is 0.728. The van der Waals surface area contributed by atoms with Gasteiger partial charge in [-0.05, 0) is 99.2 Å². The number of unbranched alkanes of at least 4 members (excludes halogenated alkanes) is 1. The lowest BCUT2D eigenvalue weighted by molar-refractivity contribution is 0.231. The van der Waals surface area contributed by atoms with Gasteiger partial charge in [0.25, 0.3) is 0 Å². The van der Waals surface area contributed by atoms with Crippen molar-refractivity contribution in [2.24, 2.45) is 11.3 Å². The van der Waals surface area contributed by atoms with Crippen molar-refractivity contribution in [1.29, 1.82) is 0 Å². The highest BCUT2D eigenvalue weighted by Gasteiger charge is 2.34. The molecule has 1 aromatic rings. The second-order valence-electron chi connectivity index (χ2n) is 9.22. The van der Waals surface area contributed by atoms with Gasteiger partial charge in [-0.2, -0.15) is 12.6 Å². The van der Waals surface area contributed by atoms with Crippen molar-refractivity contribution in [2.45, 2.75) is 114 Å². The second kappa shape index (κ2) is 18.2. The number of hydrogen-bond donors (Lipinski definition) is 1. The van der Waals surface area contributed by atoms with Gasteiger partial charge in [-0.25, -0.2) is 0 Å². The summed E-state index contributed by atoms with van der Waals surface area (Å²) in [5, 5.41) is 0. The molecule has 1 saturated carbocycles. The van der Waals surface area contributed by atoms with Crippen molar-refractivity contribution >= 4 is 18.2 Å². The summed E-state index contributed by atoms with van der Waals surface area (Å²) in [4.78, 5) is 0. The number of rotatable bonds is 8. The van der Waals surface area contributed by atoms with Gasteiger partial charge in [0, 0.05) is 0 Å². The number of allylic oxidation sites excluding steroid dienone is 5. The molecule has 0 aliphatic heterocycles. The maximum absolute atomic E-state index is 4.12. The van der Waals surface area contributed by atoms with E-state index in [1.165, 1.54) is 73.6 Å². The highest BCUT2D eigenvalue weighted by Crippen LogP contribution is 2.47. The van der Waals surface area contributed by atoms with Crippen LogP contribution in [0.3, 0.4) is 0 Å². The molecule has 1 aliphatic carbocycles. The lowest BCUT2D eigenvalue weighted by Gasteiger charge is -2.39. The second-order valence-corrected chi connectivity index (χ2v) is 9.22. The van der Waals surface area contributed by atoms with Gasteiger partial charge >= 0.3 is 0 Å². The van der Waals surface area contributed by atoms with Crippen LogP contribution in [0.5, 0.6) is 0 Å². The predicted molar refractivity (Wildman–Crippen MR) is 160 cm³/mol. The molecule has 1 aromatic carbocycles. The molecular formula is C32H56S. The first-order valence-corrected chi connectivity index (χ1v) is 13.8. The van der Waals surface area contributed by atoms with E-state index in [2.05, 4.69) is 91.1 Å². The molecule has 190 valence electrons. The Balaban J connectivity index is 0. The van der Waals surface area contributed by atoms with Crippen LogP contribution in [0.25, 0.3) is 5.57 Å². The molecule has 0 N–H and O–H groups in total. The van der Waals surface area contributed by atoms with Gasteiger partial charge in [0.1, 0.15) is 0 Å². The molecule has 1 fully saturated rings. The average Bonchev–Trinajstić information content (AvgIpc) is 2.82. The molecule has 0 saturated heterocycles. The predicted octanol–water partition coefficient (Wildman–Crippen LogP) is 11.2. The Morgan fingerprint density at radius 3 is 2.15 bits per heavy atom. The van der Waals surface area contributed by atoms with E-state index in [9.17, 15) is 0 Å². The van der Waals surface area contributed by atoms with Crippen LogP contribution in [0.1, 0.15) is 117 Å². The fourth-order valence-corrected chi connectivity index (χ4v) is 4.95. The minimum absolute atomic E-state index is 0. The summed E-state index contributed by atoms with van der Waals surface area (Å²) in [6, 6.07) is 6.93. The Hall–Kier alpha value is -1.21. The molecule has 1 heteroatoms. The van der Waals surface area contributed by atoms with E-state index >= 15 is 0 Å². The van der Waals surface area contributed by atoms with E-state index in [1.807, 2.05) is 13.8 Å². The number of benzene rings is 1. The Morgan fingerprint density at radius 2 is 1.67 bits per heavy atom. The minimum atomic E-state index is 0. The summed E-state index contributed by atoms with van der Waals surface area (Å²) in [7, 11) is 0. The van der Waals surface area contributed by atoms with Gasteiger partial charge in [0.2, 0.25) is 0 Å². The van der Waals surface area contributed by atoms with Crippen LogP contribution < -0.4 is 0 Å². The summed E-state index contributed by atoms with van der Waals surface area (Å²) in [6.45, 7) is 22.1. The molecular weight excluding hydrogens is 416 g/mol. The van der Waals surface area contributed by atoms with Gasteiger partial charge in [-0.1, -0.05) is 103 Å². The largest absolute Gasteiger partial charge is 0.183 e. The maximum atomic E-state index is 4.12. The highest BCUT2D eigenvalue weighted by molar-refractivity contribution is 7.79. The first kappa shape index (κ1) is 34.0. The minimum Gasteiger partial charge on any atom is -0.183 e. The third kappa shape index (κ3) is 9.89. The van der Waals surface area contributed by atoms with Crippen LogP contribution in [0.4, 0.5) is 0 Å². The zero-order chi connectivity index (χ0) is 24.7. The Morgan fingerprint density at radius 1 is 1.09 bits per heavy atom. The van der Waals surface area contributed by atoms with Crippen molar-refractivity contribution < 1.29 is 0 Å². The highest BCUT2D eigenvalue weighted by atomic mass is 32.1. The molecule has 0 bridgehead atoms. The molecule has 0 atom stereocenters. The van der Waals surface area contributed by atoms with E-state index in [-0.39, 0.29) is 7.43 Å². The van der Waals surface area contributed by atoms with Crippen molar-refractivity contribution in [3.8, 4) is 0 Å². The van der Waals surface area contributed by atoms with E-state index in [0.29, 0.717) is 5.41 Å². The van der Waals surface area contributed by atoms with E-state index in [4.69, 9.17) is 0 Å². The normalized spacial score (nSPS) is 20.8. The molecule has 0 aromatic heterocycles. The van der Waals surface area contributed by atoms with Crippen LogP contribution >= 0.6 is 12.6 Å². The zero-order valence-electron chi connectivity index (χ0n) is 22.8. The topological polar surface area (TPSA) is 0 Å². The summed E-state index contributed by atoms with van der Waals surface area (Å²) in [5.41, 5.74) is 9.34. The number of aryl methyl sites for hydroxylation is 2. The van der Waals surface area contributed by atoms with Gasteiger partial charge in [-0.15, -0.1) is 0 Å². The Bertz CT molecular complexity index is 727. The third-order valence-corrected chi connectivity index (χ3v) is 6.97. The zero-order valence-corrected chi connectivity index (χ0v) is 23.7. The third-order valence-electron chi connectivity index (χ3n) is 6.97. The van der Waals surface area contributed by atoms with E-state index < -0.39 is 0 Å². The van der Waals surface area contributed by atoms with Crippen molar-refractivity contribution in [2.75, 3.05) is 6.26 Å². The quantitative estimate of drug-likeness (QED) is 0.282. The van der Waals surface area contributed by atoms with Gasteiger partial charge in [0.15, 0.2) is 0 Å². The molecule has 0 unspecified atom stereocenters. The molecule has 0 nitrogen and oxygen atoms in total. The van der Waals surface area contributed by atoms with E-state index in [0.717, 1.165) is 5.92 Å². The molecule has 33 heavy (non-hydrogen) atoms. The van der Waals surface area contributed by atoms with Gasteiger partial charge in [-0.3, -0.25) is 0 Å². The first-order valence-electron chi connectivity index (χ1n) is 12.9. The molecule has 1 aliphatic rings. The molecule has 0 spiro atoms. The SMILES string of the molecule is C.C=C/C(=C\CCC)C1(C)CCC(/C(C)=C(\CCC)c2cc(C)ccc2C)CC1.CC.CS. The van der Waals surface area contributed by atoms with Gasteiger partial charge < -0.3 is 0 Å². The number of thiol groups is 1. The Kier molecular flexibility index (Phi) is 18.7. The van der Waals surface area contributed by atoms with Crippen molar-refractivity contribution in [3.05, 3.63) is 64.8 Å². The molecule has 0 heterocycles. The fourth-order valence-electron chi connectivity index (χ4n) is 4.95.